The first-order chi connectivity index (χ1) is 13.3. The SMILES string of the molecule is O=C(Cc1csc(-c2ccccc2Cl)n1)Nc1cccc(OCC(F)(F)F)c1. The van der Waals surface area contributed by atoms with E-state index in [0.717, 1.165) is 5.56 Å². The molecule has 1 heterocycles. The lowest BCUT2D eigenvalue weighted by atomic mass is 10.2. The highest BCUT2D eigenvalue weighted by molar-refractivity contribution is 7.13. The van der Waals surface area contributed by atoms with Crippen molar-refractivity contribution in [3.63, 3.8) is 0 Å². The first-order valence-electron chi connectivity index (χ1n) is 8.09. The van der Waals surface area contributed by atoms with Crippen LogP contribution in [0.25, 0.3) is 10.6 Å². The molecule has 0 aliphatic carbocycles. The zero-order valence-electron chi connectivity index (χ0n) is 14.3. The second-order valence-electron chi connectivity index (χ2n) is 5.78. The van der Waals surface area contributed by atoms with Gasteiger partial charge in [-0.1, -0.05) is 35.9 Å². The Labute approximate surface area is 167 Å². The predicted octanol–water partition coefficient (Wildman–Crippen LogP) is 5.59. The van der Waals surface area contributed by atoms with Crippen LogP contribution in [0.1, 0.15) is 5.69 Å². The van der Waals surface area contributed by atoms with E-state index in [4.69, 9.17) is 11.6 Å². The van der Waals surface area contributed by atoms with Crippen LogP contribution in [0.3, 0.4) is 0 Å². The average Bonchev–Trinajstić information content (AvgIpc) is 3.08. The summed E-state index contributed by atoms with van der Waals surface area (Å²) in [6, 6.07) is 13.1. The average molecular weight is 427 g/mol. The molecule has 0 atom stereocenters. The maximum absolute atomic E-state index is 12.2. The maximum Gasteiger partial charge on any atom is 0.422 e. The highest BCUT2D eigenvalue weighted by Gasteiger charge is 2.28. The van der Waals surface area contributed by atoms with E-state index < -0.39 is 12.8 Å². The molecule has 2 aromatic carbocycles. The van der Waals surface area contributed by atoms with Gasteiger partial charge in [0.2, 0.25) is 5.91 Å². The molecule has 28 heavy (non-hydrogen) atoms. The van der Waals surface area contributed by atoms with Gasteiger partial charge in [-0.15, -0.1) is 11.3 Å². The molecule has 4 nitrogen and oxygen atoms in total. The lowest BCUT2D eigenvalue weighted by Crippen LogP contribution is -2.19. The molecule has 0 aliphatic rings. The Hall–Kier alpha value is -2.58. The second kappa shape index (κ2) is 8.62. The first-order valence-corrected chi connectivity index (χ1v) is 9.35. The van der Waals surface area contributed by atoms with E-state index in [9.17, 15) is 18.0 Å². The maximum atomic E-state index is 12.2. The van der Waals surface area contributed by atoms with Crippen LogP contribution in [0.4, 0.5) is 18.9 Å². The number of thiazole rings is 1. The van der Waals surface area contributed by atoms with Crippen molar-refractivity contribution in [2.75, 3.05) is 11.9 Å². The predicted molar refractivity (Wildman–Crippen MR) is 103 cm³/mol. The van der Waals surface area contributed by atoms with Crippen molar-refractivity contribution in [2.24, 2.45) is 0 Å². The summed E-state index contributed by atoms with van der Waals surface area (Å²) in [5.41, 5.74) is 1.70. The summed E-state index contributed by atoms with van der Waals surface area (Å²) in [6.45, 7) is -1.39. The van der Waals surface area contributed by atoms with Crippen molar-refractivity contribution in [1.29, 1.82) is 0 Å². The molecule has 0 bridgehead atoms. The van der Waals surface area contributed by atoms with Crippen LogP contribution in [0.5, 0.6) is 5.75 Å². The molecular weight excluding hydrogens is 413 g/mol. The molecule has 3 rings (SSSR count). The number of ether oxygens (including phenoxy) is 1. The molecule has 1 amide bonds. The van der Waals surface area contributed by atoms with Gasteiger partial charge in [0.25, 0.3) is 0 Å². The first kappa shape index (κ1) is 20.2. The zero-order valence-corrected chi connectivity index (χ0v) is 15.9. The van der Waals surface area contributed by atoms with Gasteiger partial charge in [-0.25, -0.2) is 4.98 Å². The van der Waals surface area contributed by atoms with Gasteiger partial charge in [0.1, 0.15) is 10.8 Å². The number of aromatic nitrogens is 1. The van der Waals surface area contributed by atoms with Crippen molar-refractivity contribution in [2.45, 2.75) is 12.6 Å². The van der Waals surface area contributed by atoms with Gasteiger partial charge < -0.3 is 10.1 Å². The van der Waals surface area contributed by atoms with E-state index >= 15 is 0 Å². The third-order valence-corrected chi connectivity index (χ3v) is 4.77. The highest BCUT2D eigenvalue weighted by Crippen LogP contribution is 2.30. The van der Waals surface area contributed by atoms with E-state index in [0.29, 0.717) is 21.4 Å². The third kappa shape index (κ3) is 5.71. The number of anilines is 1. The Morgan fingerprint density at radius 3 is 2.71 bits per heavy atom. The Morgan fingerprint density at radius 1 is 1.18 bits per heavy atom. The number of hydrogen-bond acceptors (Lipinski definition) is 4. The normalized spacial score (nSPS) is 11.3. The molecular formula is C19H14ClF3N2O2S. The molecule has 3 aromatic rings. The van der Waals surface area contributed by atoms with E-state index in [1.807, 2.05) is 18.2 Å². The summed E-state index contributed by atoms with van der Waals surface area (Å²) in [6.07, 6.45) is -4.40. The van der Waals surface area contributed by atoms with Gasteiger partial charge in [0.05, 0.1) is 17.1 Å². The molecule has 0 saturated heterocycles. The van der Waals surface area contributed by atoms with Crippen molar-refractivity contribution in [3.05, 3.63) is 64.6 Å². The van der Waals surface area contributed by atoms with Gasteiger partial charge in [0, 0.05) is 22.7 Å². The summed E-state index contributed by atoms with van der Waals surface area (Å²) in [7, 11) is 0. The fourth-order valence-electron chi connectivity index (χ4n) is 2.35. The quantitative estimate of drug-likeness (QED) is 0.559. The number of carbonyl (C=O) groups excluding carboxylic acids is 1. The molecule has 0 radical (unpaired) electrons. The van der Waals surface area contributed by atoms with Crippen LogP contribution in [-0.4, -0.2) is 23.7 Å². The number of nitrogens with one attached hydrogen (secondary N) is 1. The van der Waals surface area contributed by atoms with Crippen LogP contribution >= 0.6 is 22.9 Å². The van der Waals surface area contributed by atoms with Crippen LogP contribution < -0.4 is 10.1 Å². The summed E-state index contributed by atoms with van der Waals surface area (Å²) >= 11 is 7.53. The van der Waals surface area contributed by atoms with Gasteiger partial charge in [-0.05, 0) is 18.2 Å². The van der Waals surface area contributed by atoms with Crippen LogP contribution in [0, 0.1) is 0 Å². The standard InChI is InChI=1S/C19H14ClF3N2O2S/c20-16-7-2-1-6-15(16)18-25-13(10-28-18)9-17(26)24-12-4-3-5-14(8-12)27-11-19(21,22)23/h1-8,10H,9,11H2,(H,24,26). The van der Waals surface area contributed by atoms with Crippen molar-refractivity contribution >= 4 is 34.5 Å². The topological polar surface area (TPSA) is 51.2 Å². The fraction of sp³-hybridized carbons (Fsp3) is 0.158. The Balaban J connectivity index is 1.61. The van der Waals surface area contributed by atoms with E-state index in [-0.39, 0.29) is 18.1 Å². The molecule has 0 unspecified atom stereocenters. The molecule has 0 aliphatic heterocycles. The van der Waals surface area contributed by atoms with Gasteiger partial charge in [0.15, 0.2) is 6.61 Å². The monoisotopic (exact) mass is 426 g/mol. The van der Waals surface area contributed by atoms with Crippen molar-refractivity contribution < 1.29 is 22.7 Å². The van der Waals surface area contributed by atoms with Crippen LogP contribution in [0.15, 0.2) is 53.9 Å². The van der Waals surface area contributed by atoms with Gasteiger partial charge in [-0.3, -0.25) is 4.79 Å². The Kier molecular flexibility index (Phi) is 6.21. The summed E-state index contributed by atoms with van der Waals surface area (Å²) in [5, 5.41) is 5.67. The summed E-state index contributed by atoms with van der Waals surface area (Å²) < 4.78 is 41.4. The molecule has 1 N–H and O–H groups in total. The lowest BCUT2D eigenvalue weighted by molar-refractivity contribution is -0.153. The third-order valence-electron chi connectivity index (χ3n) is 3.52. The molecule has 0 spiro atoms. The molecule has 146 valence electrons. The number of carbonyl (C=O) groups is 1. The number of hydrogen-bond donors (Lipinski definition) is 1. The number of rotatable bonds is 6. The van der Waals surface area contributed by atoms with Crippen molar-refractivity contribution in [3.8, 4) is 16.3 Å². The second-order valence-corrected chi connectivity index (χ2v) is 7.05. The molecule has 0 saturated carbocycles. The van der Waals surface area contributed by atoms with Gasteiger partial charge in [-0.2, -0.15) is 13.2 Å². The number of benzene rings is 2. The minimum absolute atomic E-state index is 0.0183. The summed E-state index contributed by atoms with van der Waals surface area (Å²) in [4.78, 5) is 16.7. The fourth-order valence-corrected chi connectivity index (χ4v) is 3.48. The minimum atomic E-state index is -4.43. The number of alkyl halides is 3. The van der Waals surface area contributed by atoms with Crippen molar-refractivity contribution in [1.82, 2.24) is 4.98 Å². The largest absolute Gasteiger partial charge is 0.484 e. The van der Waals surface area contributed by atoms with E-state index in [2.05, 4.69) is 15.0 Å². The molecule has 0 fully saturated rings. The van der Waals surface area contributed by atoms with Crippen LogP contribution in [-0.2, 0) is 11.2 Å². The highest BCUT2D eigenvalue weighted by atomic mass is 35.5. The van der Waals surface area contributed by atoms with Crippen LogP contribution in [0.2, 0.25) is 5.02 Å². The Bertz CT molecular complexity index is 976. The Morgan fingerprint density at radius 2 is 1.96 bits per heavy atom. The van der Waals surface area contributed by atoms with E-state index in [1.54, 1.807) is 17.5 Å². The number of halogens is 4. The number of nitrogens with zero attached hydrogens (tertiary/aromatic N) is 1. The van der Waals surface area contributed by atoms with Gasteiger partial charge >= 0.3 is 6.18 Å². The van der Waals surface area contributed by atoms with E-state index in [1.165, 1.54) is 29.5 Å². The number of amides is 1. The minimum Gasteiger partial charge on any atom is -0.484 e. The zero-order chi connectivity index (χ0) is 20.1. The molecule has 9 heteroatoms. The lowest BCUT2D eigenvalue weighted by Gasteiger charge is -2.10. The summed E-state index contributed by atoms with van der Waals surface area (Å²) in [5.74, 6) is -0.325. The molecule has 1 aromatic heterocycles. The smallest absolute Gasteiger partial charge is 0.422 e.